The lowest BCUT2D eigenvalue weighted by molar-refractivity contribution is 0.0693. The van der Waals surface area contributed by atoms with Gasteiger partial charge in [0.2, 0.25) is 0 Å². The van der Waals surface area contributed by atoms with E-state index in [1.807, 2.05) is 13.0 Å². The van der Waals surface area contributed by atoms with E-state index in [4.69, 9.17) is 0 Å². The predicted molar refractivity (Wildman–Crippen MR) is 94.8 cm³/mol. The van der Waals surface area contributed by atoms with Crippen LogP contribution < -0.4 is 0 Å². The van der Waals surface area contributed by atoms with Gasteiger partial charge in [-0.05, 0) is 30.7 Å². The fourth-order valence-electron chi connectivity index (χ4n) is 2.75. The Balaban J connectivity index is 1.69. The predicted octanol–water partition coefficient (Wildman–Crippen LogP) is 2.60. The number of piperazine rings is 1. The maximum absolute atomic E-state index is 13.8. The molecule has 0 radical (unpaired) electrons. The molecule has 1 aromatic heterocycles. The van der Waals surface area contributed by atoms with Crippen molar-refractivity contribution in [3.63, 3.8) is 0 Å². The van der Waals surface area contributed by atoms with Crippen LogP contribution >= 0.6 is 11.3 Å². The normalized spacial score (nSPS) is 16.2. The highest BCUT2D eigenvalue weighted by molar-refractivity contribution is 7.91. The number of halogens is 1. The number of thiophene rings is 1. The van der Waals surface area contributed by atoms with Crippen LogP contribution in [-0.4, -0.2) is 49.7 Å². The first kappa shape index (κ1) is 18.0. The van der Waals surface area contributed by atoms with Gasteiger partial charge < -0.3 is 4.90 Å². The van der Waals surface area contributed by atoms with Gasteiger partial charge in [-0.3, -0.25) is 4.79 Å². The Hall–Kier alpha value is -1.77. The number of hydrogen-bond acceptors (Lipinski definition) is 4. The number of rotatable bonds is 4. The van der Waals surface area contributed by atoms with Crippen LogP contribution in [0.4, 0.5) is 4.39 Å². The molecule has 2 heterocycles. The minimum Gasteiger partial charge on any atom is -0.336 e. The first-order valence-electron chi connectivity index (χ1n) is 8.06. The van der Waals surface area contributed by atoms with Gasteiger partial charge in [0.05, 0.1) is 5.56 Å². The summed E-state index contributed by atoms with van der Waals surface area (Å²) in [6, 6.07) is 9.29. The monoisotopic (exact) mass is 382 g/mol. The third-order valence-electron chi connectivity index (χ3n) is 4.21. The van der Waals surface area contributed by atoms with E-state index in [0.717, 1.165) is 11.3 Å². The molecular formula is C17H19FN2O3S2. The molecule has 2 aromatic rings. The first-order valence-corrected chi connectivity index (χ1v) is 10.3. The van der Waals surface area contributed by atoms with Crippen molar-refractivity contribution >= 4 is 27.3 Å². The number of amides is 1. The van der Waals surface area contributed by atoms with Crippen LogP contribution in [0.5, 0.6) is 0 Å². The highest BCUT2D eigenvalue weighted by Gasteiger charge is 2.31. The van der Waals surface area contributed by atoms with Crippen LogP contribution in [0.3, 0.4) is 0 Å². The lowest BCUT2D eigenvalue weighted by Crippen LogP contribution is -2.50. The molecule has 0 bridgehead atoms. The van der Waals surface area contributed by atoms with E-state index in [0.29, 0.717) is 4.21 Å². The van der Waals surface area contributed by atoms with Crippen LogP contribution in [0, 0.1) is 5.82 Å². The van der Waals surface area contributed by atoms with E-state index in [1.165, 1.54) is 38.7 Å². The van der Waals surface area contributed by atoms with Crippen LogP contribution in [0.15, 0.2) is 40.6 Å². The number of hydrogen-bond donors (Lipinski definition) is 0. The van der Waals surface area contributed by atoms with Gasteiger partial charge in [0, 0.05) is 31.1 Å². The highest BCUT2D eigenvalue weighted by atomic mass is 32.2. The molecular weight excluding hydrogens is 363 g/mol. The first-order chi connectivity index (χ1) is 11.9. The lowest BCUT2D eigenvalue weighted by Gasteiger charge is -2.33. The van der Waals surface area contributed by atoms with Crippen molar-refractivity contribution in [2.45, 2.75) is 17.6 Å². The maximum atomic E-state index is 13.8. The van der Waals surface area contributed by atoms with Crippen molar-refractivity contribution in [2.24, 2.45) is 0 Å². The van der Waals surface area contributed by atoms with Gasteiger partial charge in [0.15, 0.2) is 0 Å². The number of carbonyl (C=O) groups excluding carboxylic acids is 1. The van der Waals surface area contributed by atoms with Gasteiger partial charge in [-0.2, -0.15) is 4.31 Å². The molecule has 1 amide bonds. The Morgan fingerprint density at radius 1 is 1.12 bits per heavy atom. The third kappa shape index (κ3) is 3.61. The molecule has 0 N–H and O–H groups in total. The molecule has 1 aromatic carbocycles. The van der Waals surface area contributed by atoms with Crippen molar-refractivity contribution in [1.29, 1.82) is 0 Å². The smallest absolute Gasteiger partial charge is 0.256 e. The molecule has 1 saturated heterocycles. The summed E-state index contributed by atoms with van der Waals surface area (Å²) in [6.45, 7) is 2.90. The van der Waals surface area contributed by atoms with Gasteiger partial charge in [0.1, 0.15) is 10.0 Å². The molecule has 1 aliphatic rings. The fraction of sp³-hybridized carbons (Fsp3) is 0.353. The van der Waals surface area contributed by atoms with E-state index < -0.39 is 21.7 Å². The molecule has 0 unspecified atom stereocenters. The van der Waals surface area contributed by atoms with Gasteiger partial charge in [0.25, 0.3) is 15.9 Å². The second kappa shape index (κ2) is 7.23. The Morgan fingerprint density at radius 2 is 1.80 bits per heavy atom. The zero-order valence-corrected chi connectivity index (χ0v) is 15.4. The molecule has 134 valence electrons. The van der Waals surface area contributed by atoms with E-state index in [2.05, 4.69) is 0 Å². The Kier molecular flexibility index (Phi) is 5.21. The average Bonchev–Trinajstić information content (AvgIpc) is 3.12. The summed E-state index contributed by atoms with van der Waals surface area (Å²) in [6.07, 6.45) is 0.797. The number of nitrogens with zero attached hydrogens (tertiary/aromatic N) is 2. The van der Waals surface area contributed by atoms with Gasteiger partial charge in [-0.1, -0.05) is 19.1 Å². The summed E-state index contributed by atoms with van der Waals surface area (Å²) in [5, 5.41) is 0. The third-order valence-corrected chi connectivity index (χ3v) is 7.81. The summed E-state index contributed by atoms with van der Waals surface area (Å²) >= 11 is 1.28. The standard InChI is InChI=1S/C17H19FN2O3S2/c1-2-13-7-8-16(24-13)25(22,23)20-11-9-19(10-12-20)17(21)14-5-3-4-6-15(14)18/h3-8H,2,9-12H2,1H3. The molecule has 1 aliphatic heterocycles. The van der Waals surface area contributed by atoms with E-state index >= 15 is 0 Å². The van der Waals surface area contributed by atoms with Crippen LogP contribution in [0.2, 0.25) is 0 Å². The molecule has 0 saturated carbocycles. The Labute approximate surface area is 150 Å². The SMILES string of the molecule is CCc1ccc(S(=O)(=O)N2CCN(C(=O)c3ccccc3F)CC2)s1. The molecule has 3 rings (SSSR count). The van der Waals surface area contributed by atoms with Crippen LogP contribution in [-0.2, 0) is 16.4 Å². The summed E-state index contributed by atoms with van der Waals surface area (Å²) in [4.78, 5) is 14.9. The topological polar surface area (TPSA) is 57.7 Å². The largest absolute Gasteiger partial charge is 0.336 e. The zero-order chi connectivity index (χ0) is 18.0. The molecule has 1 fully saturated rings. The number of aryl methyl sites for hydroxylation is 1. The number of sulfonamides is 1. The fourth-order valence-corrected chi connectivity index (χ4v) is 5.62. The summed E-state index contributed by atoms with van der Waals surface area (Å²) in [5.74, 6) is -0.965. The van der Waals surface area contributed by atoms with Crippen molar-refractivity contribution in [1.82, 2.24) is 9.21 Å². The zero-order valence-electron chi connectivity index (χ0n) is 13.8. The second-order valence-electron chi connectivity index (χ2n) is 5.75. The van der Waals surface area contributed by atoms with Gasteiger partial charge in [-0.15, -0.1) is 11.3 Å². The number of carbonyl (C=O) groups is 1. The van der Waals surface area contributed by atoms with Gasteiger partial charge in [-0.25, -0.2) is 12.8 Å². The van der Waals surface area contributed by atoms with Crippen molar-refractivity contribution < 1.29 is 17.6 Å². The molecule has 25 heavy (non-hydrogen) atoms. The Morgan fingerprint density at radius 3 is 2.40 bits per heavy atom. The van der Waals surface area contributed by atoms with E-state index in [-0.39, 0.29) is 31.7 Å². The minimum absolute atomic E-state index is 0.0182. The van der Waals surface area contributed by atoms with E-state index in [1.54, 1.807) is 12.1 Å². The van der Waals surface area contributed by atoms with Crippen LogP contribution in [0.1, 0.15) is 22.2 Å². The van der Waals surface area contributed by atoms with Crippen molar-refractivity contribution in [3.05, 3.63) is 52.7 Å². The molecule has 8 heteroatoms. The summed E-state index contributed by atoms with van der Waals surface area (Å²) in [5.41, 5.74) is 0.0182. The molecule has 0 aliphatic carbocycles. The Bertz CT molecular complexity index is 872. The van der Waals surface area contributed by atoms with Gasteiger partial charge >= 0.3 is 0 Å². The minimum atomic E-state index is -3.53. The second-order valence-corrected chi connectivity index (χ2v) is 9.08. The maximum Gasteiger partial charge on any atom is 0.256 e. The van der Waals surface area contributed by atoms with Crippen molar-refractivity contribution in [2.75, 3.05) is 26.2 Å². The summed E-state index contributed by atoms with van der Waals surface area (Å²) < 4.78 is 40.9. The van der Waals surface area contributed by atoms with E-state index in [9.17, 15) is 17.6 Å². The quantitative estimate of drug-likeness (QED) is 0.817. The average molecular weight is 382 g/mol. The molecule has 0 spiro atoms. The van der Waals surface area contributed by atoms with Crippen LogP contribution in [0.25, 0.3) is 0 Å². The number of benzene rings is 1. The summed E-state index contributed by atoms with van der Waals surface area (Å²) in [7, 11) is -3.53. The molecule has 5 nitrogen and oxygen atoms in total. The molecule has 0 atom stereocenters. The highest BCUT2D eigenvalue weighted by Crippen LogP contribution is 2.26. The van der Waals surface area contributed by atoms with Crippen molar-refractivity contribution in [3.8, 4) is 0 Å². The lowest BCUT2D eigenvalue weighted by atomic mass is 10.1.